The first kappa shape index (κ1) is 15.6. The Bertz CT molecular complexity index is 544. The third-order valence-electron chi connectivity index (χ3n) is 3.38. The Morgan fingerprint density at radius 3 is 2.71 bits per heavy atom. The lowest BCUT2D eigenvalue weighted by atomic mass is 10.1. The number of carbonyl (C=O) groups is 2. The first-order valence-electron chi connectivity index (χ1n) is 6.71. The Balaban J connectivity index is 2.02. The molecule has 0 atom stereocenters. The van der Waals surface area contributed by atoms with E-state index >= 15 is 0 Å². The molecule has 2 rings (SSSR count). The summed E-state index contributed by atoms with van der Waals surface area (Å²) in [6, 6.07) is 4.26. The van der Waals surface area contributed by atoms with Gasteiger partial charge in [0.2, 0.25) is 5.91 Å². The van der Waals surface area contributed by atoms with Gasteiger partial charge in [0.05, 0.1) is 12.1 Å². The normalized spacial score (nSPS) is 14.9. The molecule has 0 saturated carbocycles. The minimum atomic E-state index is -0.432. The quantitative estimate of drug-likeness (QED) is 0.855. The van der Waals surface area contributed by atoms with Crippen molar-refractivity contribution in [2.75, 3.05) is 39.8 Å². The van der Waals surface area contributed by atoms with Gasteiger partial charge in [0, 0.05) is 38.2 Å². The molecule has 0 aliphatic carbocycles. The molecule has 7 heteroatoms. The van der Waals surface area contributed by atoms with Crippen molar-refractivity contribution < 1.29 is 14.7 Å². The van der Waals surface area contributed by atoms with Gasteiger partial charge in [-0.3, -0.25) is 9.59 Å². The van der Waals surface area contributed by atoms with Gasteiger partial charge in [-0.15, -0.1) is 0 Å². The van der Waals surface area contributed by atoms with Crippen LogP contribution in [0.2, 0.25) is 5.02 Å². The van der Waals surface area contributed by atoms with Crippen LogP contribution in [0.25, 0.3) is 0 Å². The second kappa shape index (κ2) is 6.78. The average molecular weight is 312 g/mol. The molecule has 0 bridgehead atoms. The standard InChI is InChI=1S/C14H18ClN3O3/c1-17(9-13(20)18-6-4-16-5-7-18)14(21)11-8-10(15)2-3-12(11)19/h2-3,8,16,19H,4-7,9H2,1H3. The number of halogens is 1. The van der Waals surface area contributed by atoms with Crippen LogP contribution in [0.1, 0.15) is 10.4 Å². The Kier molecular flexibility index (Phi) is 5.03. The van der Waals surface area contributed by atoms with Crippen molar-refractivity contribution in [3.05, 3.63) is 28.8 Å². The van der Waals surface area contributed by atoms with E-state index in [-0.39, 0.29) is 23.8 Å². The van der Waals surface area contributed by atoms with Gasteiger partial charge in [0.15, 0.2) is 0 Å². The van der Waals surface area contributed by atoms with E-state index in [9.17, 15) is 14.7 Å². The monoisotopic (exact) mass is 311 g/mol. The molecule has 1 aromatic carbocycles. The van der Waals surface area contributed by atoms with Crippen LogP contribution >= 0.6 is 11.6 Å². The maximum absolute atomic E-state index is 12.3. The van der Waals surface area contributed by atoms with Crippen LogP contribution in [0, 0.1) is 0 Å². The van der Waals surface area contributed by atoms with Gasteiger partial charge in [-0.25, -0.2) is 0 Å². The van der Waals surface area contributed by atoms with Crippen molar-refractivity contribution >= 4 is 23.4 Å². The van der Waals surface area contributed by atoms with Gasteiger partial charge in [0.1, 0.15) is 5.75 Å². The second-order valence-corrected chi connectivity index (χ2v) is 5.39. The highest BCUT2D eigenvalue weighted by atomic mass is 35.5. The van der Waals surface area contributed by atoms with Crippen LogP contribution in [0.15, 0.2) is 18.2 Å². The smallest absolute Gasteiger partial charge is 0.257 e. The summed E-state index contributed by atoms with van der Waals surface area (Å²) in [6.07, 6.45) is 0. The van der Waals surface area contributed by atoms with Gasteiger partial charge in [-0.05, 0) is 18.2 Å². The average Bonchev–Trinajstić information content (AvgIpc) is 2.49. The molecular weight excluding hydrogens is 294 g/mol. The summed E-state index contributed by atoms with van der Waals surface area (Å²) in [6.45, 7) is 2.79. The maximum Gasteiger partial charge on any atom is 0.257 e. The van der Waals surface area contributed by atoms with Crippen molar-refractivity contribution in [3.8, 4) is 5.75 Å². The van der Waals surface area contributed by atoms with Crippen LogP contribution in [0.5, 0.6) is 5.75 Å². The van der Waals surface area contributed by atoms with E-state index in [1.807, 2.05) is 0 Å². The molecule has 2 N–H and O–H groups in total. The molecule has 0 unspecified atom stereocenters. The predicted octanol–water partition coefficient (Wildman–Crippen LogP) is 0.549. The molecular formula is C14H18ClN3O3. The summed E-state index contributed by atoms with van der Waals surface area (Å²) in [4.78, 5) is 27.4. The van der Waals surface area contributed by atoms with Crippen molar-refractivity contribution in [1.29, 1.82) is 0 Å². The van der Waals surface area contributed by atoms with E-state index in [0.29, 0.717) is 18.1 Å². The van der Waals surface area contributed by atoms with Crippen molar-refractivity contribution in [1.82, 2.24) is 15.1 Å². The lowest BCUT2D eigenvalue weighted by Crippen LogP contribution is -2.49. The lowest BCUT2D eigenvalue weighted by Gasteiger charge is -2.29. The third kappa shape index (κ3) is 3.86. The molecule has 1 aliphatic rings. The van der Waals surface area contributed by atoms with E-state index in [1.165, 1.54) is 30.1 Å². The molecule has 114 valence electrons. The van der Waals surface area contributed by atoms with Crippen molar-refractivity contribution in [2.24, 2.45) is 0 Å². The van der Waals surface area contributed by atoms with Crippen LogP contribution in [0.4, 0.5) is 0 Å². The lowest BCUT2D eigenvalue weighted by molar-refractivity contribution is -0.132. The Morgan fingerprint density at radius 2 is 2.05 bits per heavy atom. The van der Waals surface area contributed by atoms with Crippen molar-refractivity contribution in [2.45, 2.75) is 0 Å². The van der Waals surface area contributed by atoms with Crippen LogP contribution in [-0.4, -0.2) is 66.5 Å². The van der Waals surface area contributed by atoms with Gasteiger partial charge < -0.3 is 20.2 Å². The van der Waals surface area contributed by atoms with E-state index in [2.05, 4.69) is 5.32 Å². The molecule has 1 saturated heterocycles. The van der Waals surface area contributed by atoms with Gasteiger partial charge >= 0.3 is 0 Å². The summed E-state index contributed by atoms with van der Waals surface area (Å²) in [7, 11) is 1.53. The van der Waals surface area contributed by atoms with Crippen molar-refractivity contribution in [3.63, 3.8) is 0 Å². The topological polar surface area (TPSA) is 72.9 Å². The number of nitrogens with zero attached hydrogens (tertiary/aromatic N) is 2. The fourth-order valence-corrected chi connectivity index (χ4v) is 2.35. The van der Waals surface area contributed by atoms with Crippen LogP contribution in [-0.2, 0) is 4.79 Å². The van der Waals surface area contributed by atoms with Crippen LogP contribution < -0.4 is 5.32 Å². The fraction of sp³-hybridized carbons (Fsp3) is 0.429. The van der Waals surface area contributed by atoms with E-state index < -0.39 is 5.91 Å². The summed E-state index contributed by atoms with van der Waals surface area (Å²) >= 11 is 5.83. The number of aromatic hydroxyl groups is 1. The fourth-order valence-electron chi connectivity index (χ4n) is 2.17. The number of likely N-dealkylation sites (N-methyl/N-ethyl adjacent to an activating group) is 1. The second-order valence-electron chi connectivity index (χ2n) is 4.95. The minimum absolute atomic E-state index is 0.0230. The van der Waals surface area contributed by atoms with Gasteiger partial charge in [-0.1, -0.05) is 11.6 Å². The zero-order valence-electron chi connectivity index (χ0n) is 11.8. The first-order chi connectivity index (χ1) is 9.99. The van der Waals surface area contributed by atoms with Gasteiger partial charge in [0.25, 0.3) is 5.91 Å². The number of nitrogens with one attached hydrogen (secondary N) is 1. The predicted molar refractivity (Wildman–Crippen MR) is 79.5 cm³/mol. The number of phenols is 1. The number of hydrogen-bond acceptors (Lipinski definition) is 4. The summed E-state index contributed by atoms with van der Waals surface area (Å²) in [5.41, 5.74) is 0.0955. The molecule has 0 radical (unpaired) electrons. The molecule has 2 amide bonds. The van der Waals surface area contributed by atoms with E-state index in [1.54, 1.807) is 4.90 Å². The molecule has 1 fully saturated rings. The van der Waals surface area contributed by atoms with E-state index in [4.69, 9.17) is 11.6 Å². The minimum Gasteiger partial charge on any atom is -0.507 e. The van der Waals surface area contributed by atoms with Crippen LogP contribution in [0.3, 0.4) is 0 Å². The molecule has 0 aromatic heterocycles. The highest BCUT2D eigenvalue weighted by molar-refractivity contribution is 6.31. The zero-order valence-corrected chi connectivity index (χ0v) is 12.6. The number of hydrogen-bond donors (Lipinski definition) is 2. The summed E-state index contributed by atoms with van der Waals surface area (Å²) in [5.74, 6) is -0.682. The Morgan fingerprint density at radius 1 is 1.38 bits per heavy atom. The zero-order chi connectivity index (χ0) is 15.4. The van der Waals surface area contributed by atoms with Gasteiger partial charge in [-0.2, -0.15) is 0 Å². The maximum atomic E-state index is 12.3. The number of rotatable bonds is 3. The first-order valence-corrected chi connectivity index (χ1v) is 7.09. The molecule has 1 aliphatic heterocycles. The molecule has 0 spiro atoms. The highest BCUT2D eigenvalue weighted by Crippen LogP contribution is 2.22. The number of piperazine rings is 1. The molecule has 21 heavy (non-hydrogen) atoms. The Labute approximate surface area is 128 Å². The SMILES string of the molecule is CN(CC(=O)N1CCNCC1)C(=O)c1cc(Cl)ccc1O. The largest absolute Gasteiger partial charge is 0.507 e. The molecule has 6 nitrogen and oxygen atoms in total. The number of phenolic OH excluding ortho intramolecular Hbond substituents is 1. The Hall–Kier alpha value is -1.79. The number of amides is 2. The number of benzene rings is 1. The highest BCUT2D eigenvalue weighted by Gasteiger charge is 2.22. The third-order valence-corrected chi connectivity index (χ3v) is 3.61. The summed E-state index contributed by atoms with van der Waals surface area (Å²) in [5, 5.41) is 13.2. The molecule has 1 heterocycles. The van der Waals surface area contributed by atoms with E-state index in [0.717, 1.165) is 13.1 Å². The molecule has 1 aromatic rings. The summed E-state index contributed by atoms with van der Waals surface area (Å²) < 4.78 is 0. The number of carbonyl (C=O) groups excluding carboxylic acids is 2.